The van der Waals surface area contributed by atoms with Gasteiger partial charge in [0.25, 0.3) is 0 Å². The third-order valence-electron chi connectivity index (χ3n) is 8.21. The topological polar surface area (TPSA) is 178 Å². The van der Waals surface area contributed by atoms with Crippen LogP contribution in [0.5, 0.6) is 0 Å². The first-order chi connectivity index (χ1) is 25.4. The Morgan fingerprint density at radius 2 is 1.46 bits per heavy atom. The van der Waals surface area contributed by atoms with Crippen molar-refractivity contribution in [1.82, 2.24) is 29.7 Å². The highest BCUT2D eigenvalue weighted by molar-refractivity contribution is 7.22. The van der Waals surface area contributed by atoms with Gasteiger partial charge in [0.05, 0.1) is 51.3 Å². The Morgan fingerprint density at radius 3 is 2.02 bits per heavy atom. The van der Waals surface area contributed by atoms with Crippen LogP contribution >= 0.6 is 34.0 Å². The van der Waals surface area contributed by atoms with E-state index in [1.54, 1.807) is 68.6 Å². The summed E-state index contributed by atoms with van der Waals surface area (Å²) in [5.74, 6) is 0.330. The van der Waals surface area contributed by atoms with Gasteiger partial charge in [-0.2, -0.15) is 5.26 Å². The number of carbonyl (C=O) groups is 3. The quantitative estimate of drug-likeness (QED) is 0.181. The molecule has 2 unspecified atom stereocenters. The van der Waals surface area contributed by atoms with Crippen molar-refractivity contribution >= 4 is 77.4 Å². The Hall–Kier alpha value is -4.72. The maximum atomic E-state index is 12.5. The number of nitriles is 1. The molecule has 2 atom stereocenters. The van der Waals surface area contributed by atoms with Crippen molar-refractivity contribution in [2.45, 2.75) is 91.9 Å². The summed E-state index contributed by atoms with van der Waals surface area (Å²) < 4.78 is 13.0. The third-order valence-corrected chi connectivity index (χ3v) is 11.3. The highest BCUT2D eigenvalue weighted by atomic mass is 32.1. The summed E-state index contributed by atoms with van der Waals surface area (Å²) in [6.07, 6.45) is 7.24. The molecular weight excluding hydrogens is 745 g/mol. The van der Waals surface area contributed by atoms with E-state index in [0.717, 1.165) is 45.9 Å². The van der Waals surface area contributed by atoms with E-state index in [1.165, 1.54) is 5.56 Å². The molecule has 286 valence electrons. The summed E-state index contributed by atoms with van der Waals surface area (Å²) in [5, 5.41) is 11.0. The van der Waals surface area contributed by atoms with Crippen LogP contribution in [0.1, 0.15) is 83.2 Å². The number of carbonyl (C=O) groups excluding carboxylic acids is 3. The molecule has 5 aromatic rings. The van der Waals surface area contributed by atoms with Crippen LogP contribution in [-0.4, -0.2) is 78.5 Å². The fourth-order valence-electron chi connectivity index (χ4n) is 5.86. The zero-order valence-corrected chi connectivity index (χ0v) is 34.3. The number of ketones is 1. The maximum absolute atomic E-state index is 12.5. The smallest absolute Gasteiger partial charge is 0.410 e. The van der Waals surface area contributed by atoms with Crippen LogP contribution in [0.3, 0.4) is 0 Å². The first kappa shape index (κ1) is 40.5. The molecule has 0 radical (unpaired) electrons. The summed E-state index contributed by atoms with van der Waals surface area (Å²) >= 11 is 4.72. The Kier molecular flexibility index (Phi) is 12.5. The van der Waals surface area contributed by atoms with Gasteiger partial charge in [0.2, 0.25) is 0 Å². The fourth-order valence-corrected chi connectivity index (χ4v) is 9.01. The SMILES string of the molecule is CC1CN(C(=O)OC(C)(C)C)CCC1=O.CC1CN(C(=O)OC(C)(C)C)Cc2sc(N)c(-c3nc4cnccc4s3)c21.N#CCc1nc2cnccc2s1. The molecule has 0 aliphatic carbocycles. The van der Waals surface area contributed by atoms with Crippen molar-refractivity contribution in [2.75, 3.05) is 25.4 Å². The number of rotatable bonds is 2. The maximum Gasteiger partial charge on any atom is 0.410 e. The molecule has 7 heterocycles. The Labute approximate surface area is 327 Å². The average Bonchev–Trinajstić information content (AvgIpc) is 3.79. The van der Waals surface area contributed by atoms with Crippen LogP contribution in [0.2, 0.25) is 0 Å². The number of aromatic nitrogens is 4. The molecule has 0 bridgehead atoms. The standard InChI is InChI=1S/C19H22N4O2S2.C11H19NO3.C8H5N3S/c1-10-8-23(18(24)25-19(2,3)4)9-13-14(10)15(16(20)26-13)17-22-11-7-21-6-5-12(11)27-17;1-8-7-12(6-5-9(8)13)10(14)15-11(2,3)4;9-3-1-8-11-6-5-10-4-2-7(6)12-8/h5-7,10H,8-9,20H2,1-4H3;8H,5-7H2,1-4H3;2,4-5H,1H2. The lowest BCUT2D eigenvalue weighted by Gasteiger charge is -2.33. The number of hydrogen-bond acceptors (Lipinski definition) is 14. The lowest BCUT2D eigenvalue weighted by Crippen LogP contribution is -2.45. The van der Waals surface area contributed by atoms with Crippen molar-refractivity contribution < 1.29 is 23.9 Å². The van der Waals surface area contributed by atoms with Gasteiger partial charge in [0, 0.05) is 60.7 Å². The number of thiophene rings is 1. The lowest BCUT2D eigenvalue weighted by atomic mass is 9.93. The predicted molar refractivity (Wildman–Crippen MR) is 214 cm³/mol. The number of hydrogen-bond donors (Lipinski definition) is 1. The van der Waals surface area contributed by atoms with Crippen LogP contribution < -0.4 is 5.73 Å². The lowest BCUT2D eigenvalue weighted by molar-refractivity contribution is -0.125. The first-order valence-electron chi connectivity index (χ1n) is 17.6. The van der Waals surface area contributed by atoms with Crippen LogP contribution in [-0.2, 0) is 27.2 Å². The number of amides is 2. The average molecular weight is 791 g/mol. The summed E-state index contributed by atoms with van der Waals surface area (Å²) in [6.45, 7) is 17.2. The summed E-state index contributed by atoms with van der Waals surface area (Å²) in [5.41, 5.74) is 9.42. The van der Waals surface area contributed by atoms with Gasteiger partial charge in [-0.25, -0.2) is 19.6 Å². The molecule has 1 saturated heterocycles. The van der Waals surface area contributed by atoms with Gasteiger partial charge in [-0.1, -0.05) is 13.8 Å². The van der Waals surface area contributed by atoms with Gasteiger partial charge in [0.1, 0.15) is 32.5 Å². The highest BCUT2D eigenvalue weighted by Gasteiger charge is 2.34. The number of ether oxygens (including phenoxy) is 2. The van der Waals surface area contributed by atoms with Crippen molar-refractivity contribution in [1.29, 1.82) is 5.26 Å². The van der Waals surface area contributed by atoms with Crippen LogP contribution in [0, 0.1) is 17.2 Å². The van der Waals surface area contributed by atoms with E-state index >= 15 is 0 Å². The molecule has 2 N–H and O–H groups in total. The minimum atomic E-state index is -0.505. The molecule has 0 spiro atoms. The highest BCUT2D eigenvalue weighted by Crippen LogP contribution is 2.47. The molecule has 1 fully saturated rings. The van der Waals surface area contributed by atoms with E-state index in [0.29, 0.717) is 39.0 Å². The van der Waals surface area contributed by atoms with E-state index in [2.05, 4.69) is 27.9 Å². The minimum absolute atomic E-state index is 0.0636. The molecule has 2 aliphatic rings. The number of fused-ring (bicyclic) bond motifs is 3. The zero-order chi connectivity index (χ0) is 39.4. The second-order valence-corrected chi connectivity index (χ2v) is 18.4. The van der Waals surface area contributed by atoms with Crippen LogP contribution in [0.4, 0.5) is 14.6 Å². The number of nitrogens with two attached hydrogens (primary N) is 1. The minimum Gasteiger partial charge on any atom is -0.444 e. The number of piperidine rings is 1. The Morgan fingerprint density at radius 1 is 0.889 bits per heavy atom. The molecule has 0 aromatic carbocycles. The van der Waals surface area contributed by atoms with Crippen LogP contribution in [0.25, 0.3) is 31.0 Å². The largest absolute Gasteiger partial charge is 0.444 e. The summed E-state index contributed by atoms with van der Waals surface area (Å²) in [4.78, 5) is 57.0. The van der Waals surface area contributed by atoms with E-state index in [-0.39, 0.29) is 29.8 Å². The van der Waals surface area contributed by atoms with Crippen molar-refractivity contribution in [3.05, 3.63) is 52.4 Å². The first-order valence-corrected chi connectivity index (χ1v) is 20.0. The number of pyridine rings is 2. The van der Waals surface area contributed by atoms with Gasteiger partial charge in [-0.3, -0.25) is 14.8 Å². The Balaban J connectivity index is 0.000000175. The fraction of sp³-hybridized carbons (Fsp3) is 0.474. The number of nitrogen functional groups attached to an aromatic ring is 1. The molecule has 54 heavy (non-hydrogen) atoms. The number of likely N-dealkylation sites (tertiary alicyclic amines) is 1. The molecule has 2 amide bonds. The van der Waals surface area contributed by atoms with Gasteiger partial charge in [0.15, 0.2) is 0 Å². The van der Waals surface area contributed by atoms with Gasteiger partial charge in [-0.15, -0.1) is 34.0 Å². The Bertz CT molecular complexity index is 2110. The van der Waals surface area contributed by atoms with Gasteiger partial charge in [-0.05, 0) is 59.2 Å². The summed E-state index contributed by atoms with van der Waals surface area (Å²) in [7, 11) is 0. The van der Waals surface area contributed by atoms with Gasteiger partial charge >= 0.3 is 12.2 Å². The van der Waals surface area contributed by atoms with E-state index in [1.807, 2.05) is 60.6 Å². The molecule has 2 aliphatic heterocycles. The predicted octanol–water partition coefficient (Wildman–Crippen LogP) is 8.45. The molecule has 16 heteroatoms. The van der Waals surface area contributed by atoms with Crippen LogP contribution in [0.15, 0.2) is 36.9 Å². The van der Waals surface area contributed by atoms with Crippen molar-refractivity contribution in [3.63, 3.8) is 0 Å². The molecule has 13 nitrogen and oxygen atoms in total. The van der Waals surface area contributed by atoms with E-state index in [4.69, 9.17) is 25.5 Å². The van der Waals surface area contributed by atoms with E-state index in [9.17, 15) is 14.4 Å². The van der Waals surface area contributed by atoms with E-state index < -0.39 is 11.2 Å². The number of nitrogens with zero attached hydrogens (tertiary/aromatic N) is 7. The number of Topliss-reactive ketones (excluding diaryl/α,β-unsaturated/α-hetero) is 1. The molecular formula is C38H46N8O5S3. The second kappa shape index (κ2) is 16.7. The number of thiazole rings is 2. The third kappa shape index (κ3) is 10.3. The summed E-state index contributed by atoms with van der Waals surface area (Å²) in [6, 6.07) is 5.95. The second-order valence-electron chi connectivity index (χ2n) is 15.1. The molecule has 7 rings (SSSR count). The monoisotopic (exact) mass is 790 g/mol. The van der Waals surface area contributed by atoms with Gasteiger partial charge < -0.3 is 25.0 Å². The normalized spacial score (nSPS) is 17.1. The molecule has 0 saturated carbocycles. The molecule has 5 aromatic heterocycles. The van der Waals surface area contributed by atoms with Crippen molar-refractivity contribution in [3.8, 4) is 16.6 Å². The zero-order valence-electron chi connectivity index (χ0n) is 31.8. The van der Waals surface area contributed by atoms with Crippen molar-refractivity contribution in [2.24, 2.45) is 5.92 Å². The number of anilines is 1.